The molecule has 4 nitrogen and oxygen atoms in total. The fourth-order valence-electron chi connectivity index (χ4n) is 3.45. The van der Waals surface area contributed by atoms with E-state index in [1.807, 2.05) is 12.1 Å². The number of nitrogens with one attached hydrogen (secondary N) is 1. The number of carboxylic acids is 1. The summed E-state index contributed by atoms with van der Waals surface area (Å²) in [6.07, 6.45) is 4.91. The van der Waals surface area contributed by atoms with Gasteiger partial charge in [-0.25, -0.2) is 0 Å². The number of carboxylic acid groups (broad SMARTS) is 1. The highest BCUT2D eigenvalue weighted by atomic mass is 35.5. The lowest BCUT2D eigenvalue weighted by atomic mass is 9.83. The number of aliphatic carboxylic acids is 1. The van der Waals surface area contributed by atoms with Crippen LogP contribution in [0.4, 0.5) is 0 Å². The summed E-state index contributed by atoms with van der Waals surface area (Å²) in [5, 5.41) is 13.0. The van der Waals surface area contributed by atoms with Crippen molar-refractivity contribution in [3.05, 3.63) is 34.9 Å². The van der Waals surface area contributed by atoms with Gasteiger partial charge in [-0.1, -0.05) is 36.6 Å². The second kappa shape index (κ2) is 5.92. The molecule has 3 rings (SSSR count). The number of rotatable bonds is 4. The van der Waals surface area contributed by atoms with Crippen molar-refractivity contribution >= 4 is 23.5 Å². The van der Waals surface area contributed by atoms with Crippen LogP contribution in [0.3, 0.4) is 0 Å². The molecule has 0 radical (unpaired) electrons. The fraction of sp³-hybridized carbons (Fsp3) is 0.529. The molecule has 0 aliphatic heterocycles. The largest absolute Gasteiger partial charge is 0.481 e. The van der Waals surface area contributed by atoms with Gasteiger partial charge in [0.1, 0.15) is 0 Å². The van der Waals surface area contributed by atoms with Crippen molar-refractivity contribution in [1.82, 2.24) is 5.32 Å². The molecular weight excluding hydrogens is 302 g/mol. The summed E-state index contributed by atoms with van der Waals surface area (Å²) in [5.74, 6) is -1.30. The van der Waals surface area contributed by atoms with Gasteiger partial charge in [-0.3, -0.25) is 9.59 Å². The molecule has 0 bridgehead atoms. The van der Waals surface area contributed by atoms with E-state index in [0.717, 1.165) is 37.7 Å². The molecule has 2 fully saturated rings. The summed E-state index contributed by atoms with van der Waals surface area (Å²) < 4.78 is 0. The first kappa shape index (κ1) is 15.3. The van der Waals surface area contributed by atoms with E-state index in [1.54, 1.807) is 12.1 Å². The number of hydrogen-bond donors (Lipinski definition) is 2. The topological polar surface area (TPSA) is 66.4 Å². The maximum Gasteiger partial charge on any atom is 0.308 e. The Morgan fingerprint density at radius 1 is 1.14 bits per heavy atom. The van der Waals surface area contributed by atoms with E-state index in [9.17, 15) is 14.7 Å². The van der Waals surface area contributed by atoms with E-state index in [0.29, 0.717) is 11.4 Å². The highest BCUT2D eigenvalue weighted by molar-refractivity contribution is 6.30. The second-order valence-corrected chi connectivity index (χ2v) is 6.83. The predicted octanol–water partition coefficient (Wildman–Crippen LogP) is 3.13. The number of carbonyl (C=O) groups excluding carboxylic acids is 1. The zero-order valence-corrected chi connectivity index (χ0v) is 13.1. The van der Waals surface area contributed by atoms with Gasteiger partial charge in [0.15, 0.2) is 0 Å². The Labute approximate surface area is 134 Å². The molecule has 5 heteroatoms. The predicted molar refractivity (Wildman–Crippen MR) is 83.9 cm³/mol. The molecule has 2 aliphatic carbocycles. The third-order valence-corrected chi connectivity index (χ3v) is 5.23. The monoisotopic (exact) mass is 321 g/mol. The van der Waals surface area contributed by atoms with Crippen LogP contribution in [0.1, 0.15) is 44.1 Å². The summed E-state index contributed by atoms with van der Waals surface area (Å²) in [5.41, 5.74) is 0.488. The zero-order chi connectivity index (χ0) is 15.7. The lowest BCUT2D eigenvalue weighted by Gasteiger charge is -2.30. The Morgan fingerprint density at radius 3 is 2.36 bits per heavy atom. The Bertz CT molecular complexity index is 580. The Hall–Kier alpha value is -1.55. The third kappa shape index (κ3) is 2.84. The van der Waals surface area contributed by atoms with E-state index >= 15 is 0 Å². The first-order chi connectivity index (χ1) is 10.5. The summed E-state index contributed by atoms with van der Waals surface area (Å²) in [4.78, 5) is 24.1. The molecule has 0 aromatic heterocycles. The summed E-state index contributed by atoms with van der Waals surface area (Å²) in [6, 6.07) is 7.13. The normalized spacial score (nSPS) is 26.2. The molecular formula is C17H20ClNO3. The summed E-state index contributed by atoms with van der Waals surface area (Å²) >= 11 is 5.91. The Morgan fingerprint density at radius 2 is 1.77 bits per heavy atom. The maximum atomic E-state index is 12.7. The highest BCUT2D eigenvalue weighted by Crippen LogP contribution is 2.49. The van der Waals surface area contributed by atoms with Crippen LogP contribution in [0.2, 0.25) is 5.02 Å². The Balaban J connectivity index is 1.73. The number of amides is 1. The third-order valence-electron chi connectivity index (χ3n) is 4.98. The van der Waals surface area contributed by atoms with Crippen LogP contribution in [0.25, 0.3) is 0 Å². The lowest BCUT2D eigenvalue weighted by molar-refractivity contribution is -0.144. The molecule has 118 valence electrons. The lowest BCUT2D eigenvalue weighted by Crippen LogP contribution is -2.48. The van der Waals surface area contributed by atoms with Crippen molar-refractivity contribution in [3.8, 4) is 0 Å². The van der Waals surface area contributed by atoms with E-state index < -0.39 is 17.3 Å². The standard InChI is InChI=1S/C17H20ClNO3/c18-12-7-5-11(6-8-12)17(9-10-17)16(22)19-14-4-2-1-3-13(14)15(20)21/h5-8,13-14H,1-4,9-10H2,(H,19,22)(H,20,21). The molecule has 2 N–H and O–H groups in total. The first-order valence-corrected chi connectivity index (χ1v) is 8.20. The molecule has 0 spiro atoms. The number of carbonyl (C=O) groups is 2. The molecule has 1 amide bonds. The van der Waals surface area contributed by atoms with Crippen molar-refractivity contribution in [2.24, 2.45) is 5.92 Å². The SMILES string of the molecule is O=C(O)C1CCCCC1NC(=O)C1(c2ccc(Cl)cc2)CC1. The minimum Gasteiger partial charge on any atom is -0.481 e. The van der Waals surface area contributed by atoms with E-state index in [1.165, 1.54) is 0 Å². The molecule has 1 aromatic rings. The smallest absolute Gasteiger partial charge is 0.308 e. The van der Waals surface area contributed by atoms with E-state index in [-0.39, 0.29) is 11.9 Å². The van der Waals surface area contributed by atoms with Gasteiger partial charge in [0.2, 0.25) is 5.91 Å². The fourth-order valence-corrected chi connectivity index (χ4v) is 3.57. The van der Waals surface area contributed by atoms with Gasteiger partial charge >= 0.3 is 5.97 Å². The average Bonchev–Trinajstić information content (AvgIpc) is 3.30. The van der Waals surface area contributed by atoms with Crippen LogP contribution in [0.5, 0.6) is 0 Å². The van der Waals surface area contributed by atoms with E-state index in [2.05, 4.69) is 5.32 Å². The molecule has 0 heterocycles. The van der Waals surface area contributed by atoms with Crippen LogP contribution < -0.4 is 5.32 Å². The van der Waals surface area contributed by atoms with Crippen molar-refractivity contribution in [2.45, 2.75) is 50.0 Å². The van der Waals surface area contributed by atoms with Crippen molar-refractivity contribution in [1.29, 1.82) is 0 Å². The second-order valence-electron chi connectivity index (χ2n) is 6.40. The molecule has 1 aromatic carbocycles. The molecule has 2 saturated carbocycles. The summed E-state index contributed by atoms with van der Waals surface area (Å²) in [7, 11) is 0. The highest BCUT2D eigenvalue weighted by Gasteiger charge is 2.52. The van der Waals surface area contributed by atoms with Crippen molar-refractivity contribution in [3.63, 3.8) is 0 Å². The van der Waals surface area contributed by atoms with Gasteiger partial charge in [0.05, 0.1) is 11.3 Å². The number of benzene rings is 1. The van der Waals surface area contributed by atoms with Crippen LogP contribution in [0, 0.1) is 5.92 Å². The van der Waals surface area contributed by atoms with Crippen LogP contribution in [-0.2, 0) is 15.0 Å². The van der Waals surface area contributed by atoms with E-state index in [4.69, 9.17) is 11.6 Å². The zero-order valence-electron chi connectivity index (χ0n) is 12.3. The van der Waals surface area contributed by atoms with Gasteiger partial charge < -0.3 is 10.4 Å². The van der Waals surface area contributed by atoms with Gasteiger partial charge in [-0.15, -0.1) is 0 Å². The van der Waals surface area contributed by atoms with Crippen LogP contribution in [-0.4, -0.2) is 23.0 Å². The molecule has 2 unspecified atom stereocenters. The maximum absolute atomic E-state index is 12.7. The van der Waals surface area contributed by atoms with Crippen LogP contribution >= 0.6 is 11.6 Å². The molecule has 2 atom stereocenters. The molecule has 2 aliphatic rings. The minimum atomic E-state index is -0.804. The molecule has 0 saturated heterocycles. The van der Waals surface area contributed by atoms with Crippen molar-refractivity contribution < 1.29 is 14.7 Å². The van der Waals surface area contributed by atoms with Gasteiger partial charge in [-0.2, -0.15) is 0 Å². The van der Waals surface area contributed by atoms with Crippen molar-refractivity contribution in [2.75, 3.05) is 0 Å². The average molecular weight is 322 g/mol. The van der Waals surface area contributed by atoms with Gasteiger partial charge in [-0.05, 0) is 43.4 Å². The minimum absolute atomic E-state index is 0.0343. The van der Waals surface area contributed by atoms with Crippen LogP contribution in [0.15, 0.2) is 24.3 Å². The number of halogens is 1. The molecule has 22 heavy (non-hydrogen) atoms. The first-order valence-electron chi connectivity index (χ1n) is 7.83. The summed E-state index contributed by atoms with van der Waals surface area (Å²) in [6.45, 7) is 0. The van der Waals surface area contributed by atoms with Gasteiger partial charge in [0, 0.05) is 11.1 Å². The Kier molecular flexibility index (Phi) is 4.13. The van der Waals surface area contributed by atoms with Gasteiger partial charge in [0.25, 0.3) is 0 Å². The number of hydrogen-bond acceptors (Lipinski definition) is 2. The quantitative estimate of drug-likeness (QED) is 0.895.